The number of nitrogens with one attached hydrogen (secondary N) is 2. The fraction of sp³-hybridized carbons (Fsp3) is 0.344. The molecule has 0 aliphatic rings. The van der Waals surface area contributed by atoms with Crippen LogP contribution in [0.3, 0.4) is 0 Å². The number of aromatic amines is 1. The molecule has 0 saturated carbocycles. The predicted molar refractivity (Wildman–Crippen MR) is 157 cm³/mol. The molecule has 0 saturated heterocycles. The molecule has 0 aliphatic heterocycles. The molecule has 0 spiro atoms. The molecule has 4 rings (SSSR count). The smallest absolute Gasteiger partial charge is 0.255 e. The summed E-state index contributed by atoms with van der Waals surface area (Å²) in [6.07, 6.45) is 9.41. The predicted octanol–water partition coefficient (Wildman–Crippen LogP) is 6.32. The van der Waals surface area contributed by atoms with Crippen LogP contribution in [0.2, 0.25) is 0 Å². The maximum atomic E-state index is 13.0. The molecular weight excluding hydrogens is 484 g/mol. The lowest BCUT2D eigenvalue weighted by atomic mass is 9.83. The molecule has 2 aromatic carbocycles. The number of carbonyl (C=O) groups excluding carboxylic acids is 1. The number of pyridine rings is 1. The summed E-state index contributed by atoms with van der Waals surface area (Å²) in [4.78, 5) is 27.4. The third-order valence-corrected chi connectivity index (χ3v) is 7.02. The summed E-state index contributed by atoms with van der Waals surface area (Å²) in [7, 11) is 0. The Morgan fingerprint density at radius 2 is 1.64 bits per heavy atom. The van der Waals surface area contributed by atoms with E-state index in [1.54, 1.807) is 6.20 Å². The van der Waals surface area contributed by atoms with Crippen LogP contribution in [0, 0.1) is 6.92 Å². The van der Waals surface area contributed by atoms with Gasteiger partial charge in [-0.1, -0.05) is 51.0 Å². The fourth-order valence-electron chi connectivity index (χ4n) is 5.09. The Hall–Kier alpha value is -3.81. The normalized spacial score (nSPS) is 11.6. The summed E-state index contributed by atoms with van der Waals surface area (Å²) < 4.78 is 0. The van der Waals surface area contributed by atoms with Gasteiger partial charge >= 0.3 is 0 Å². The van der Waals surface area contributed by atoms with E-state index in [1.165, 1.54) is 5.56 Å². The number of anilines is 1. The van der Waals surface area contributed by atoms with Crippen molar-refractivity contribution in [3.05, 3.63) is 113 Å². The minimum Gasteiger partial charge on any atom is -0.348 e. The molecule has 2 heterocycles. The van der Waals surface area contributed by atoms with Crippen LogP contribution < -0.4 is 11.1 Å². The number of aryl methyl sites for hydroxylation is 1. The van der Waals surface area contributed by atoms with Gasteiger partial charge in [0, 0.05) is 48.5 Å². The quantitative estimate of drug-likeness (QED) is 0.190. The van der Waals surface area contributed by atoms with Crippen LogP contribution in [0.5, 0.6) is 0 Å². The topological polar surface area (TPSA) is 99.9 Å². The van der Waals surface area contributed by atoms with E-state index >= 15 is 0 Å². The van der Waals surface area contributed by atoms with Gasteiger partial charge in [0.1, 0.15) is 5.82 Å². The van der Waals surface area contributed by atoms with Crippen LogP contribution in [0.25, 0.3) is 0 Å². The molecule has 0 radical (unpaired) electrons. The lowest BCUT2D eigenvalue weighted by Crippen LogP contribution is -2.36. The first-order valence-corrected chi connectivity index (χ1v) is 13.8. The SMILES string of the molecule is CCCC(N)(CCC)c1ccc(NC(=O)c2ccc(CN(Cc3cc(C)ccn3)Cc3ncc[nH]3)cc2)cc1. The summed E-state index contributed by atoms with van der Waals surface area (Å²) in [6, 6.07) is 19.9. The summed E-state index contributed by atoms with van der Waals surface area (Å²) in [5, 5.41) is 3.02. The number of nitrogens with two attached hydrogens (primary N) is 1. The largest absolute Gasteiger partial charge is 0.348 e. The maximum absolute atomic E-state index is 13.0. The van der Waals surface area contributed by atoms with Crippen molar-refractivity contribution < 1.29 is 4.79 Å². The van der Waals surface area contributed by atoms with Gasteiger partial charge in [-0.05, 0) is 72.9 Å². The zero-order valence-electron chi connectivity index (χ0n) is 23.3. The first-order valence-electron chi connectivity index (χ1n) is 13.8. The number of carbonyl (C=O) groups is 1. The molecule has 0 atom stereocenters. The highest BCUT2D eigenvalue weighted by atomic mass is 16.1. The second-order valence-electron chi connectivity index (χ2n) is 10.4. The van der Waals surface area contributed by atoms with Crippen molar-refractivity contribution >= 4 is 11.6 Å². The standard InChI is InChI=1S/C32H40N6O/c1-4-15-32(33,16-5-2)27-10-12-28(13-11-27)37-31(39)26-8-6-25(7-9-26)21-38(23-30-35-18-19-36-30)22-29-20-24(3)14-17-34-29/h6-14,17-20H,4-5,15-16,21-23,33H2,1-3H3,(H,35,36)(H,37,39). The molecule has 4 aromatic rings. The van der Waals surface area contributed by atoms with Crippen LogP contribution in [0.1, 0.15) is 78.1 Å². The summed E-state index contributed by atoms with van der Waals surface area (Å²) >= 11 is 0. The number of benzene rings is 2. The lowest BCUT2D eigenvalue weighted by molar-refractivity contribution is 0.102. The molecule has 0 fully saturated rings. The van der Waals surface area contributed by atoms with Crippen LogP contribution in [0.4, 0.5) is 5.69 Å². The number of H-pyrrole nitrogens is 1. The molecule has 204 valence electrons. The Bertz CT molecular complexity index is 1310. The van der Waals surface area contributed by atoms with Gasteiger partial charge in [0.05, 0.1) is 12.2 Å². The highest BCUT2D eigenvalue weighted by Crippen LogP contribution is 2.29. The summed E-state index contributed by atoms with van der Waals surface area (Å²) in [5.41, 5.74) is 12.2. The van der Waals surface area contributed by atoms with Gasteiger partial charge in [-0.2, -0.15) is 0 Å². The van der Waals surface area contributed by atoms with Gasteiger partial charge in [0.15, 0.2) is 0 Å². The zero-order valence-corrected chi connectivity index (χ0v) is 23.3. The van der Waals surface area contributed by atoms with Crippen LogP contribution in [0.15, 0.2) is 79.3 Å². The number of amides is 1. The average molecular weight is 525 g/mol. The van der Waals surface area contributed by atoms with E-state index in [0.29, 0.717) is 25.2 Å². The highest BCUT2D eigenvalue weighted by molar-refractivity contribution is 6.04. The Balaban J connectivity index is 1.40. The number of nitrogens with zero attached hydrogens (tertiary/aromatic N) is 3. The first-order chi connectivity index (χ1) is 18.9. The molecular formula is C32H40N6O. The second-order valence-corrected chi connectivity index (χ2v) is 10.4. The molecule has 0 aliphatic carbocycles. The van der Waals surface area contributed by atoms with E-state index in [1.807, 2.05) is 67.0 Å². The summed E-state index contributed by atoms with van der Waals surface area (Å²) in [6.45, 7) is 8.47. The van der Waals surface area contributed by atoms with Crippen molar-refractivity contribution in [2.45, 2.75) is 71.6 Å². The van der Waals surface area contributed by atoms with Gasteiger partial charge in [-0.3, -0.25) is 14.7 Å². The first kappa shape index (κ1) is 28.2. The lowest BCUT2D eigenvalue weighted by Gasteiger charge is -2.29. The monoisotopic (exact) mass is 524 g/mol. The van der Waals surface area contributed by atoms with E-state index in [-0.39, 0.29) is 11.4 Å². The van der Waals surface area contributed by atoms with Crippen molar-refractivity contribution in [2.75, 3.05) is 5.32 Å². The molecule has 0 bridgehead atoms. The number of imidazole rings is 1. The number of aromatic nitrogens is 3. The van der Waals surface area contributed by atoms with Crippen molar-refractivity contribution in [2.24, 2.45) is 5.73 Å². The second kappa shape index (κ2) is 13.3. The van der Waals surface area contributed by atoms with Crippen LogP contribution in [-0.2, 0) is 25.2 Å². The molecule has 4 N–H and O–H groups in total. The van der Waals surface area contributed by atoms with Gasteiger partial charge < -0.3 is 16.0 Å². The van der Waals surface area contributed by atoms with Gasteiger partial charge in [-0.15, -0.1) is 0 Å². The van der Waals surface area contributed by atoms with Crippen LogP contribution >= 0.6 is 0 Å². The number of hydrogen-bond acceptors (Lipinski definition) is 5. The van der Waals surface area contributed by atoms with Crippen LogP contribution in [-0.4, -0.2) is 25.8 Å². The molecule has 1 amide bonds. The molecule has 0 unspecified atom stereocenters. The number of rotatable bonds is 13. The van der Waals surface area contributed by atoms with E-state index in [4.69, 9.17) is 5.73 Å². The highest BCUT2D eigenvalue weighted by Gasteiger charge is 2.25. The van der Waals surface area contributed by atoms with Gasteiger partial charge in [-0.25, -0.2) is 4.98 Å². The Morgan fingerprint density at radius 3 is 2.26 bits per heavy atom. The van der Waals surface area contributed by atoms with Crippen molar-refractivity contribution in [3.63, 3.8) is 0 Å². The Kier molecular flexibility index (Phi) is 9.63. The average Bonchev–Trinajstić information content (AvgIpc) is 3.43. The van der Waals surface area contributed by atoms with E-state index < -0.39 is 0 Å². The summed E-state index contributed by atoms with van der Waals surface area (Å²) in [5.74, 6) is 0.771. The van der Waals surface area contributed by atoms with E-state index in [9.17, 15) is 4.79 Å². The van der Waals surface area contributed by atoms with Crippen molar-refractivity contribution in [1.82, 2.24) is 19.9 Å². The van der Waals surface area contributed by atoms with Gasteiger partial charge in [0.25, 0.3) is 5.91 Å². The van der Waals surface area contributed by atoms with E-state index in [0.717, 1.165) is 54.0 Å². The molecule has 39 heavy (non-hydrogen) atoms. The van der Waals surface area contributed by atoms with Crippen molar-refractivity contribution in [3.8, 4) is 0 Å². The molecule has 7 nitrogen and oxygen atoms in total. The Labute approximate surface area is 231 Å². The molecule has 7 heteroatoms. The third-order valence-electron chi connectivity index (χ3n) is 7.02. The van der Waals surface area contributed by atoms with E-state index in [2.05, 4.69) is 52.0 Å². The maximum Gasteiger partial charge on any atom is 0.255 e. The van der Waals surface area contributed by atoms with Gasteiger partial charge in [0.2, 0.25) is 0 Å². The molecule has 2 aromatic heterocycles. The third kappa shape index (κ3) is 7.85. The minimum atomic E-state index is -0.317. The zero-order chi connectivity index (χ0) is 27.7. The Morgan fingerprint density at radius 1 is 0.923 bits per heavy atom. The van der Waals surface area contributed by atoms with Crippen molar-refractivity contribution in [1.29, 1.82) is 0 Å². The minimum absolute atomic E-state index is 0.133. The fourth-order valence-corrected chi connectivity index (χ4v) is 5.09. The number of hydrogen-bond donors (Lipinski definition) is 3.